The molecule has 4 atom stereocenters. The summed E-state index contributed by atoms with van der Waals surface area (Å²) in [6.07, 6.45) is 1.73. The highest BCUT2D eigenvalue weighted by Gasteiger charge is 2.53. The Balaban J connectivity index is 1.42. The van der Waals surface area contributed by atoms with Crippen molar-refractivity contribution in [1.29, 1.82) is 0 Å². The number of aryl methyl sites for hydroxylation is 2. The van der Waals surface area contributed by atoms with Crippen LogP contribution in [0.4, 0.5) is 0 Å². The smallest absolute Gasteiger partial charge is 0.336 e. The van der Waals surface area contributed by atoms with Crippen molar-refractivity contribution in [3.05, 3.63) is 122 Å². The van der Waals surface area contributed by atoms with E-state index in [1.807, 2.05) is 39.0 Å². The lowest BCUT2D eigenvalue weighted by Gasteiger charge is -2.44. The Hall–Kier alpha value is -5.13. The normalized spacial score (nSPS) is 23.1. The maximum absolute atomic E-state index is 14.3. The predicted octanol–water partition coefficient (Wildman–Crippen LogP) is 7.05. The van der Waals surface area contributed by atoms with E-state index in [0.29, 0.717) is 48.0 Å². The number of aliphatic hydroxyl groups is 1. The van der Waals surface area contributed by atoms with Gasteiger partial charge in [0.15, 0.2) is 17.8 Å². The molecule has 7 rings (SSSR count). The molecular formula is C43H42O8. The van der Waals surface area contributed by atoms with Gasteiger partial charge in [-0.1, -0.05) is 65.9 Å². The molecule has 0 saturated carbocycles. The van der Waals surface area contributed by atoms with Gasteiger partial charge in [-0.2, -0.15) is 0 Å². The van der Waals surface area contributed by atoms with Crippen molar-refractivity contribution in [3.8, 4) is 17.6 Å². The minimum absolute atomic E-state index is 0.0680. The number of rotatable bonds is 4. The fraction of sp³-hybridized carbons (Fsp3) is 0.372. The molecule has 3 aromatic carbocycles. The number of ether oxygens (including phenoxy) is 3. The van der Waals surface area contributed by atoms with Gasteiger partial charge in [-0.05, 0) is 98.7 Å². The van der Waals surface area contributed by atoms with Crippen LogP contribution in [-0.2, 0) is 51.4 Å². The first kappa shape index (κ1) is 34.3. The molecule has 0 fully saturated rings. The topological polar surface area (TPSA) is 112 Å². The van der Waals surface area contributed by atoms with Crippen molar-refractivity contribution in [1.82, 2.24) is 0 Å². The van der Waals surface area contributed by atoms with Crippen molar-refractivity contribution in [3.63, 3.8) is 0 Å². The van der Waals surface area contributed by atoms with Gasteiger partial charge in [0.1, 0.15) is 11.3 Å². The van der Waals surface area contributed by atoms with Crippen LogP contribution in [0.25, 0.3) is 11.0 Å². The number of fused-ring (bicyclic) bond motifs is 7. The van der Waals surface area contributed by atoms with Crippen molar-refractivity contribution < 1.29 is 33.3 Å². The van der Waals surface area contributed by atoms with Crippen LogP contribution >= 0.6 is 0 Å². The zero-order valence-corrected chi connectivity index (χ0v) is 29.3. The van der Waals surface area contributed by atoms with Crippen LogP contribution < -0.4 is 10.4 Å². The van der Waals surface area contributed by atoms with Crippen LogP contribution in [0.2, 0.25) is 0 Å². The molecule has 5 bridgehead atoms. The van der Waals surface area contributed by atoms with E-state index in [9.17, 15) is 19.5 Å². The highest BCUT2D eigenvalue weighted by molar-refractivity contribution is 5.90. The Morgan fingerprint density at radius 1 is 0.922 bits per heavy atom. The predicted molar refractivity (Wildman–Crippen MR) is 192 cm³/mol. The third-order valence-electron chi connectivity index (χ3n) is 10.4. The summed E-state index contributed by atoms with van der Waals surface area (Å²) in [5, 5.41) is 10.6. The second kappa shape index (κ2) is 14.2. The lowest BCUT2D eigenvalue weighted by Crippen LogP contribution is -2.54. The molecule has 4 heterocycles. The second-order valence-electron chi connectivity index (χ2n) is 14.3. The lowest BCUT2D eigenvalue weighted by molar-refractivity contribution is -0.190. The molecule has 0 amide bonds. The molecule has 0 radical (unpaired) electrons. The molecule has 0 unspecified atom stereocenters. The van der Waals surface area contributed by atoms with Crippen LogP contribution in [0, 0.1) is 17.8 Å². The summed E-state index contributed by atoms with van der Waals surface area (Å²) in [7, 11) is 0. The van der Waals surface area contributed by atoms with E-state index < -0.39 is 42.0 Å². The van der Waals surface area contributed by atoms with E-state index in [1.54, 1.807) is 12.1 Å². The quantitative estimate of drug-likeness (QED) is 0.105. The van der Waals surface area contributed by atoms with Crippen molar-refractivity contribution in [2.45, 2.75) is 96.6 Å². The summed E-state index contributed by atoms with van der Waals surface area (Å²) in [4.78, 5) is 41.3. The van der Waals surface area contributed by atoms with E-state index in [-0.39, 0.29) is 29.9 Å². The number of aliphatic hydroxyl groups excluding tert-OH is 1. The molecule has 1 N–H and O–H groups in total. The highest BCUT2D eigenvalue weighted by Crippen LogP contribution is 2.48. The minimum atomic E-state index is -1.25. The van der Waals surface area contributed by atoms with Crippen molar-refractivity contribution >= 4 is 22.9 Å². The largest absolute Gasteiger partial charge is 0.482 e. The second-order valence-corrected chi connectivity index (χ2v) is 14.3. The molecule has 3 aliphatic rings. The fourth-order valence-corrected chi connectivity index (χ4v) is 7.64. The van der Waals surface area contributed by atoms with Crippen LogP contribution in [-0.4, -0.2) is 28.8 Å². The van der Waals surface area contributed by atoms with E-state index in [0.717, 1.165) is 35.1 Å². The number of allylic oxidation sites excluding steroid dienone is 1. The van der Waals surface area contributed by atoms with E-state index in [2.05, 4.69) is 42.2 Å². The van der Waals surface area contributed by atoms with Crippen molar-refractivity contribution in [2.24, 2.45) is 5.92 Å². The van der Waals surface area contributed by atoms with Gasteiger partial charge in [0.25, 0.3) is 0 Å². The van der Waals surface area contributed by atoms with Gasteiger partial charge < -0.3 is 23.7 Å². The van der Waals surface area contributed by atoms with E-state index in [1.165, 1.54) is 11.6 Å². The molecule has 51 heavy (non-hydrogen) atoms. The summed E-state index contributed by atoms with van der Waals surface area (Å²) in [5.74, 6) is 5.93. The zero-order valence-electron chi connectivity index (χ0n) is 29.3. The molecule has 8 nitrogen and oxygen atoms in total. The number of carbonyl (C=O) groups is 2. The average molecular weight is 687 g/mol. The number of hydrogen-bond acceptors (Lipinski definition) is 8. The summed E-state index contributed by atoms with van der Waals surface area (Å²) < 4.78 is 25.3. The molecule has 0 spiro atoms. The maximum Gasteiger partial charge on any atom is 0.336 e. The standard InChI is InChI=1S/C43H42O8/c1-26(2)33-17-15-28-14-16-31-22-29(13-12-27-9-5-4-6-10-27)23-36(45)49-40-38-35(19-18-34-32(25-44)24-37(46)48-39(34)38)51-43(3,41(40)50-42(33)47)20-8-7-11-30(31)21-28/h4-6,9-10,14,16,18-19,21,24,29,40-41,44H,11-13,15,17,20,22-23,25H2,1-3H3/t29-,40-,41+,43+/m1/s1. The lowest BCUT2D eigenvalue weighted by atomic mass is 9.82. The molecule has 3 aliphatic heterocycles. The Bertz CT molecular complexity index is 2150. The van der Waals surface area contributed by atoms with Gasteiger partial charge in [-0.25, -0.2) is 9.59 Å². The fourth-order valence-electron chi connectivity index (χ4n) is 7.64. The van der Waals surface area contributed by atoms with Gasteiger partial charge in [0.2, 0.25) is 0 Å². The van der Waals surface area contributed by atoms with Gasteiger partial charge in [0, 0.05) is 29.9 Å². The Kier molecular flexibility index (Phi) is 9.58. The summed E-state index contributed by atoms with van der Waals surface area (Å²) in [6.45, 7) is 5.17. The van der Waals surface area contributed by atoms with Crippen LogP contribution in [0.15, 0.2) is 87.1 Å². The summed E-state index contributed by atoms with van der Waals surface area (Å²) in [6, 6.07) is 21.3. The molecule has 262 valence electrons. The molecule has 0 saturated heterocycles. The summed E-state index contributed by atoms with van der Waals surface area (Å²) >= 11 is 0. The SMILES string of the molecule is CC(C)=C1CCc2ccc3c(c2)CC#CC[C@]2(C)Oc4ccc5c(CO)cc(=O)oc5c4[C@@H](OC(=O)C[C@H](CCc4ccccc4)C3)[C@@H]2OC1=O. The molecule has 1 aromatic heterocycles. The highest BCUT2D eigenvalue weighted by atomic mass is 16.6. The van der Waals surface area contributed by atoms with Gasteiger partial charge in [-0.3, -0.25) is 4.79 Å². The number of hydrogen-bond donors (Lipinski definition) is 1. The van der Waals surface area contributed by atoms with Gasteiger partial charge in [-0.15, -0.1) is 0 Å². The third kappa shape index (κ3) is 7.09. The number of benzene rings is 3. The summed E-state index contributed by atoms with van der Waals surface area (Å²) in [5.41, 5.74) is 4.71. The zero-order chi connectivity index (χ0) is 35.7. The van der Waals surface area contributed by atoms with Crippen LogP contribution in [0.5, 0.6) is 5.75 Å². The molecule has 0 aliphatic carbocycles. The first-order chi connectivity index (χ1) is 24.6. The van der Waals surface area contributed by atoms with Gasteiger partial charge in [0.05, 0.1) is 18.6 Å². The molecular weight excluding hydrogens is 644 g/mol. The first-order valence-electron chi connectivity index (χ1n) is 17.7. The van der Waals surface area contributed by atoms with Crippen LogP contribution in [0.1, 0.15) is 85.9 Å². The van der Waals surface area contributed by atoms with Crippen molar-refractivity contribution in [2.75, 3.05) is 0 Å². The Morgan fingerprint density at radius 3 is 2.53 bits per heavy atom. The average Bonchev–Trinajstić information content (AvgIpc) is 3.10. The monoisotopic (exact) mass is 686 g/mol. The van der Waals surface area contributed by atoms with Crippen LogP contribution in [0.3, 0.4) is 0 Å². The Morgan fingerprint density at radius 2 is 1.75 bits per heavy atom. The Labute approximate surface area is 297 Å². The number of esters is 2. The number of carbonyl (C=O) groups excluding carboxylic acids is 2. The van der Waals surface area contributed by atoms with E-state index >= 15 is 0 Å². The minimum Gasteiger partial charge on any atom is -0.482 e. The third-order valence-corrected chi connectivity index (χ3v) is 10.4. The first-order valence-corrected chi connectivity index (χ1v) is 17.7. The molecule has 8 heteroatoms. The van der Waals surface area contributed by atoms with E-state index in [4.69, 9.17) is 18.6 Å². The maximum atomic E-state index is 14.3. The molecule has 4 aromatic rings. The van der Waals surface area contributed by atoms with Gasteiger partial charge >= 0.3 is 17.6 Å².